The first-order valence-electron chi connectivity index (χ1n) is 5.57. The lowest BCUT2D eigenvalue weighted by Gasteiger charge is -2.08. The van der Waals surface area contributed by atoms with Gasteiger partial charge in [0, 0.05) is 12.1 Å². The Morgan fingerprint density at radius 3 is 2.65 bits per heavy atom. The highest BCUT2D eigenvalue weighted by Crippen LogP contribution is 2.18. The van der Waals surface area contributed by atoms with E-state index in [4.69, 9.17) is 5.11 Å². The minimum absolute atomic E-state index is 0.279. The normalized spacial score (nSPS) is 10.7. The van der Waals surface area contributed by atoms with E-state index in [1.165, 1.54) is 6.07 Å². The van der Waals surface area contributed by atoms with Crippen LogP contribution in [0.15, 0.2) is 18.2 Å². The zero-order valence-electron chi connectivity index (χ0n) is 10.2. The smallest absolute Gasteiger partial charge is 0.384 e. The van der Waals surface area contributed by atoms with Gasteiger partial charge in [0.05, 0.1) is 12.0 Å². The Labute approximate surface area is 112 Å². The monoisotopic (exact) mass is 289 g/mol. The van der Waals surface area contributed by atoms with Crippen molar-refractivity contribution in [2.75, 3.05) is 13.2 Å². The molecular weight excluding hydrogens is 278 g/mol. The van der Waals surface area contributed by atoms with E-state index in [1.54, 1.807) is 0 Å². The second-order valence-electron chi connectivity index (χ2n) is 3.78. The number of hydrogen-bond acceptors (Lipinski definition) is 2. The van der Waals surface area contributed by atoms with E-state index >= 15 is 0 Å². The average molecular weight is 289 g/mol. The fourth-order valence-electron chi connectivity index (χ4n) is 1.33. The van der Waals surface area contributed by atoms with E-state index in [-0.39, 0.29) is 5.56 Å². The molecule has 0 saturated heterocycles. The zero-order valence-corrected chi connectivity index (χ0v) is 10.2. The lowest BCUT2D eigenvalue weighted by Crippen LogP contribution is -2.28. The topological polar surface area (TPSA) is 49.3 Å². The predicted octanol–water partition coefficient (Wildman–Crippen LogP) is 1.85. The summed E-state index contributed by atoms with van der Waals surface area (Å²) < 4.78 is 49.2. The van der Waals surface area contributed by atoms with Crippen LogP contribution in [0, 0.1) is 17.7 Å². The van der Waals surface area contributed by atoms with E-state index in [1.807, 2.05) is 5.32 Å². The minimum Gasteiger partial charge on any atom is -0.384 e. The molecule has 3 nitrogen and oxygen atoms in total. The molecule has 0 aliphatic rings. The minimum atomic E-state index is -4.39. The summed E-state index contributed by atoms with van der Waals surface area (Å²) in [6.45, 7) is -1.03. The summed E-state index contributed by atoms with van der Waals surface area (Å²) in [6.07, 6.45) is -5.58. The van der Waals surface area contributed by atoms with Gasteiger partial charge in [-0.15, -0.1) is 0 Å². The molecule has 0 aliphatic carbocycles. The first kappa shape index (κ1) is 16.0. The molecule has 0 atom stereocenters. The molecule has 0 heterocycles. The number of nitrogens with one attached hydrogen (secondary N) is 1. The molecular formula is C13H11F4NO2. The van der Waals surface area contributed by atoms with Crippen LogP contribution in [0.4, 0.5) is 17.6 Å². The van der Waals surface area contributed by atoms with Crippen molar-refractivity contribution >= 4 is 5.91 Å². The van der Waals surface area contributed by atoms with Crippen LogP contribution in [-0.4, -0.2) is 30.3 Å². The second kappa shape index (κ2) is 6.91. The lowest BCUT2D eigenvalue weighted by atomic mass is 10.1. The number of carbonyl (C=O) groups is 1. The molecule has 1 amide bonds. The van der Waals surface area contributed by atoms with E-state index in [0.29, 0.717) is 0 Å². The zero-order chi connectivity index (χ0) is 15.2. The maximum Gasteiger partial charge on any atom is 0.390 e. The Hall–Kier alpha value is -2.07. The largest absolute Gasteiger partial charge is 0.390 e. The van der Waals surface area contributed by atoms with Gasteiger partial charge in [0.15, 0.2) is 0 Å². The summed E-state index contributed by atoms with van der Waals surface area (Å²) >= 11 is 0. The Balaban J connectivity index is 2.76. The Kier molecular flexibility index (Phi) is 5.53. The third-order valence-electron chi connectivity index (χ3n) is 2.22. The average Bonchev–Trinajstić information content (AvgIpc) is 2.36. The molecule has 2 N–H and O–H groups in total. The van der Waals surface area contributed by atoms with Gasteiger partial charge in [0.25, 0.3) is 5.91 Å². The van der Waals surface area contributed by atoms with Gasteiger partial charge in [-0.1, -0.05) is 11.8 Å². The van der Waals surface area contributed by atoms with Gasteiger partial charge in [-0.2, -0.15) is 13.2 Å². The van der Waals surface area contributed by atoms with Crippen molar-refractivity contribution in [3.8, 4) is 11.8 Å². The number of alkyl halides is 3. The third-order valence-corrected chi connectivity index (χ3v) is 2.22. The maximum absolute atomic E-state index is 13.4. The van der Waals surface area contributed by atoms with E-state index in [2.05, 4.69) is 11.8 Å². The van der Waals surface area contributed by atoms with E-state index < -0.39 is 43.0 Å². The first-order valence-corrected chi connectivity index (χ1v) is 5.57. The number of hydrogen-bond donors (Lipinski definition) is 2. The molecule has 20 heavy (non-hydrogen) atoms. The summed E-state index contributed by atoms with van der Waals surface area (Å²) in [6, 6.07) is 3.39. The molecule has 0 spiro atoms. The fraction of sp³-hybridized carbons (Fsp3) is 0.308. The highest BCUT2D eigenvalue weighted by molar-refractivity contribution is 5.94. The molecule has 0 aromatic heterocycles. The van der Waals surface area contributed by atoms with Crippen molar-refractivity contribution < 1.29 is 27.5 Å². The van der Waals surface area contributed by atoms with Gasteiger partial charge >= 0.3 is 6.18 Å². The van der Waals surface area contributed by atoms with Crippen LogP contribution in [-0.2, 0) is 0 Å². The SMILES string of the molecule is O=C(NCCC(F)(F)F)c1cc(C#CCO)ccc1F. The molecule has 108 valence electrons. The van der Waals surface area contributed by atoms with Gasteiger partial charge in [-0.3, -0.25) is 4.79 Å². The third kappa shape index (κ3) is 5.28. The van der Waals surface area contributed by atoms with Crippen LogP contribution >= 0.6 is 0 Å². The lowest BCUT2D eigenvalue weighted by molar-refractivity contribution is -0.132. The van der Waals surface area contributed by atoms with E-state index in [0.717, 1.165) is 12.1 Å². The number of aliphatic hydroxyl groups is 1. The number of amides is 1. The van der Waals surface area contributed by atoms with Crippen LogP contribution in [0.2, 0.25) is 0 Å². The van der Waals surface area contributed by atoms with Gasteiger partial charge in [0.2, 0.25) is 0 Å². The predicted molar refractivity (Wildman–Crippen MR) is 63.4 cm³/mol. The quantitative estimate of drug-likeness (QED) is 0.659. The standard InChI is InChI=1S/C13H11F4NO2/c14-11-4-3-9(2-1-7-19)8-10(11)12(20)18-6-5-13(15,16)17/h3-4,8,19H,5-7H2,(H,18,20). The summed E-state index contributed by atoms with van der Waals surface area (Å²) in [4.78, 5) is 11.6. The molecule has 1 aromatic carbocycles. The second-order valence-corrected chi connectivity index (χ2v) is 3.78. The Bertz CT molecular complexity index is 544. The molecule has 7 heteroatoms. The number of benzene rings is 1. The van der Waals surface area contributed by atoms with Crippen molar-refractivity contribution in [1.82, 2.24) is 5.32 Å². The van der Waals surface area contributed by atoms with Crippen LogP contribution in [0.5, 0.6) is 0 Å². The molecule has 0 aliphatic heterocycles. The van der Waals surface area contributed by atoms with Crippen molar-refractivity contribution in [2.45, 2.75) is 12.6 Å². The number of halogens is 4. The summed E-state index contributed by atoms with van der Waals surface area (Å²) in [5.74, 6) is 2.98. The molecule has 1 rings (SSSR count). The Morgan fingerprint density at radius 1 is 1.35 bits per heavy atom. The van der Waals surface area contributed by atoms with Crippen LogP contribution in [0.25, 0.3) is 0 Å². The van der Waals surface area contributed by atoms with Crippen LogP contribution in [0.3, 0.4) is 0 Å². The van der Waals surface area contributed by atoms with Crippen molar-refractivity contribution in [3.63, 3.8) is 0 Å². The van der Waals surface area contributed by atoms with E-state index in [9.17, 15) is 22.4 Å². The summed E-state index contributed by atoms with van der Waals surface area (Å²) in [5.41, 5.74) is -0.113. The Morgan fingerprint density at radius 2 is 2.05 bits per heavy atom. The van der Waals surface area contributed by atoms with Crippen LogP contribution < -0.4 is 5.32 Å². The van der Waals surface area contributed by atoms with Crippen LogP contribution in [0.1, 0.15) is 22.3 Å². The maximum atomic E-state index is 13.4. The summed E-state index contributed by atoms with van der Waals surface area (Å²) in [7, 11) is 0. The van der Waals surface area contributed by atoms with Crippen molar-refractivity contribution in [1.29, 1.82) is 0 Å². The first-order chi connectivity index (χ1) is 9.33. The molecule has 1 aromatic rings. The number of carbonyl (C=O) groups excluding carboxylic acids is 1. The molecule has 0 unspecified atom stereocenters. The number of aliphatic hydroxyl groups excluding tert-OH is 1. The summed E-state index contributed by atoms with van der Waals surface area (Å²) in [5, 5.41) is 10.5. The van der Waals surface area contributed by atoms with Gasteiger partial charge in [0.1, 0.15) is 12.4 Å². The highest BCUT2D eigenvalue weighted by atomic mass is 19.4. The number of rotatable bonds is 3. The molecule has 0 fully saturated rings. The fourth-order valence-corrected chi connectivity index (χ4v) is 1.33. The van der Waals surface area contributed by atoms with Crippen molar-refractivity contribution in [3.05, 3.63) is 35.1 Å². The van der Waals surface area contributed by atoms with Gasteiger partial charge in [-0.25, -0.2) is 4.39 Å². The molecule has 0 saturated carbocycles. The molecule has 0 radical (unpaired) electrons. The van der Waals surface area contributed by atoms with Gasteiger partial charge < -0.3 is 10.4 Å². The molecule has 0 bridgehead atoms. The van der Waals surface area contributed by atoms with Crippen molar-refractivity contribution in [2.24, 2.45) is 0 Å². The highest BCUT2D eigenvalue weighted by Gasteiger charge is 2.26. The van der Waals surface area contributed by atoms with Gasteiger partial charge in [-0.05, 0) is 18.2 Å².